The van der Waals surface area contributed by atoms with Crippen LogP contribution in [0, 0.1) is 5.92 Å². The number of piperidine rings is 3. The molecule has 1 aromatic heterocycles. The van der Waals surface area contributed by atoms with Gasteiger partial charge in [-0.3, -0.25) is 9.69 Å². The highest BCUT2D eigenvalue weighted by Crippen LogP contribution is 2.45. The quantitative estimate of drug-likeness (QED) is 0.887. The summed E-state index contributed by atoms with van der Waals surface area (Å²) < 4.78 is 1.32. The predicted molar refractivity (Wildman–Crippen MR) is 103 cm³/mol. The van der Waals surface area contributed by atoms with Crippen molar-refractivity contribution in [3.63, 3.8) is 0 Å². The van der Waals surface area contributed by atoms with Crippen LogP contribution in [0.4, 0.5) is 0 Å². The lowest BCUT2D eigenvalue weighted by Gasteiger charge is -2.56. The normalized spacial score (nSPS) is 30.6. The van der Waals surface area contributed by atoms with Crippen LogP contribution in [0.15, 0.2) is 24.3 Å². The topological polar surface area (TPSA) is 32.3 Å². The number of hydrogen-bond acceptors (Lipinski definition) is 3. The van der Waals surface area contributed by atoms with Crippen LogP contribution < -0.4 is 5.32 Å². The number of rotatable bonds is 3. The van der Waals surface area contributed by atoms with Gasteiger partial charge in [0.1, 0.15) is 0 Å². The second kappa shape index (κ2) is 5.55. The van der Waals surface area contributed by atoms with Crippen molar-refractivity contribution in [3.8, 4) is 0 Å². The number of carbonyl (C=O) groups is 1. The fraction of sp³-hybridized carbons (Fsp3) is 0.571. The highest BCUT2D eigenvalue weighted by atomic mass is 32.1. The second-order valence-electron chi connectivity index (χ2n) is 8.58. The molecule has 0 unspecified atom stereocenters. The number of benzene rings is 1. The molecule has 1 atom stereocenters. The van der Waals surface area contributed by atoms with Gasteiger partial charge in [0.15, 0.2) is 0 Å². The lowest BCUT2D eigenvalue weighted by atomic mass is 9.72. The monoisotopic (exact) mass is 354 g/mol. The SMILES string of the molecule is CC1(C)[C@@H](NC(=O)c2cc3cccc(C4CC4)c3s2)C2CCN1CC2. The minimum Gasteiger partial charge on any atom is -0.346 e. The van der Waals surface area contributed by atoms with Crippen molar-refractivity contribution in [3.05, 3.63) is 34.7 Å². The number of amides is 1. The molecule has 4 fully saturated rings. The van der Waals surface area contributed by atoms with Crippen molar-refractivity contribution < 1.29 is 4.79 Å². The predicted octanol–water partition coefficient (Wildman–Crippen LogP) is 4.38. The molecule has 0 radical (unpaired) electrons. The number of carbonyl (C=O) groups excluding carboxylic acids is 1. The summed E-state index contributed by atoms with van der Waals surface area (Å²) in [6.45, 7) is 6.94. The lowest BCUT2D eigenvalue weighted by Crippen LogP contribution is -2.69. The highest BCUT2D eigenvalue weighted by Gasteiger charge is 2.48. The molecule has 25 heavy (non-hydrogen) atoms. The minimum absolute atomic E-state index is 0.0622. The molecule has 0 spiro atoms. The summed E-state index contributed by atoms with van der Waals surface area (Å²) in [5.74, 6) is 1.47. The number of nitrogens with one attached hydrogen (secondary N) is 1. The van der Waals surface area contributed by atoms with Gasteiger partial charge in [0.25, 0.3) is 5.91 Å². The first-order chi connectivity index (χ1) is 12.0. The van der Waals surface area contributed by atoms with Crippen LogP contribution >= 0.6 is 11.3 Å². The van der Waals surface area contributed by atoms with E-state index in [2.05, 4.69) is 48.3 Å². The molecule has 3 saturated heterocycles. The van der Waals surface area contributed by atoms with Crippen molar-refractivity contribution >= 4 is 27.3 Å². The molecule has 1 amide bonds. The summed E-state index contributed by atoms with van der Waals surface area (Å²) >= 11 is 1.68. The highest BCUT2D eigenvalue weighted by molar-refractivity contribution is 7.21. The van der Waals surface area contributed by atoms with Crippen LogP contribution in [-0.2, 0) is 0 Å². The summed E-state index contributed by atoms with van der Waals surface area (Å²) in [5.41, 5.74) is 1.51. The van der Waals surface area contributed by atoms with Crippen molar-refractivity contribution in [2.45, 2.75) is 57.0 Å². The van der Waals surface area contributed by atoms with Gasteiger partial charge in [-0.25, -0.2) is 0 Å². The van der Waals surface area contributed by atoms with E-state index in [1.165, 1.54) is 54.4 Å². The maximum atomic E-state index is 13.0. The van der Waals surface area contributed by atoms with Gasteiger partial charge >= 0.3 is 0 Å². The Kier molecular flexibility index (Phi) is 3.52. The average Bonchev–Trinajstić information content (AvgIpc) is 3.35. The summed E-state index contributed by atoms with van der Waals surface area (Å²) in [6, 6.07) is 8.88. The molecule has 2 aromatic rings. The standard InChI is InChI=1S/C21H26N2OS/c1-21(2)19(14-8-10-23(21)11-9-14)22-20(24)17-12-15-4-3-5-16(13-6-7-13)18(15)25-17/h3-5,12-14,19H,6-11H2,1-2H3,(H,22,24)/t19-/m0/s1. The molecular formula is C21H26N2OS. The molecule has 1 aliphatic carbocycles. The van der Waals surface area contributed by atoms with E-state index in [9.17, 15) is 4.79 Å². The van der Waals surface area contributed by atoms with Crippen LogP contribution in [0.3, 0.4) is 0 Å². The van der Waals surface area contributed by atoms with Gasteiger partial charge in [-0.1, -0.05) is 18.2 Å². The van der Waals surface area contributed by atoms with Gasteiger partial charge in [0.05, 0.1) is 4.88 Å². The summed E-state index contributed by atoms with van der Waals surface area (Å²) in [4.78, 5) is 16.4. The van der Waals surface area contributed by atoms with Gasteiger partial charge in [0, 0.05) is 16.3 Å². The maximum Gasteiger partial charge on any atom is 0.261 e. The molecule has 2 bridgehead atoms. The molecule has 6 rings (SSSR count). The largest absolute Gasteiger partial charge is 0.346 e. The molecule has 3 nitrogen and oxygen atoms in total. The van der Waals surface area contributed by atoms with E-state index in [-0.39, 0.29) is 17.5 Å². The Bertz CT molecular complexity index is 828. The fourth-order valence-electron chi connectivity index (χ4n) is 5.00. The summed E-state index contributed by atoms with van der Waals surface area (Å²) in [7, 11) is 0. The summed E-state index contributed by atoms with van der Waals surface area (Å²) in [5, 5.41) is 4.64. The van der Waals surface area contributed by atoms with Gasteiger partial charge in [-0.05, 0) is 81.5 Å². The average molecular weight is 355 g/mol. The first kappa shape index (κ1) is 15.8. The zero-order chi connectivity index (χ0) is 17.2. The molecule has 4 heteroatoms. The van der Waals surface area contributed by atoms with Crippen molar-refractivity contribution in [1.82, 2.24) is 10.2 Å². The molecule has 4 heterocycles. The van der Waals surface area contributed by atoms with E-state index in [1.807, 2.05) is 0 Å². The number of hydrogen-bond donors (Lipinski definition) is 1. The third kappa shape index (κ3) is 2.53. The molecule has 1 saturated carbocycles. The van der Waals surface area contributed by atoms with Gasteiger partial charge in [-0.15, -0.1) is 11.3 Å². The lowest BCUT2D eigenvalue weighted by molar-refractivity contribution is -0.0377. The van der Waals surface area contributed by atoms with E-state index in [4.69, 9.17) is 0 Å². The number of thiophene rings is 1. The van der Waals surface area contributed by atoms with E-state index >= 15 is 0 Å². The van der Waals surface area contributed by atoms with Gasteiger partial charge in [0.2, 0.25) is 0 Å². The Morgan fingerprint density at radius 3 is 2.64 bits per heavy atom. The Morgan fingerprint density at radius 1 is 1.20 bits per heavy atom. The zero-order valence-electron chi connectivity index (χ0n) is 15.0. The first-order valence-corrected chi connectivity index (χ1v) is 10.4. The van der Waals surface area contributed by atoms with Crippen LogP contribution in [0.25, 0.3) is 10.1 Å². The van der Waals surface area contributed by atoms with Gasteiger partial charge < -0.3 is 5.32 Å². The van der Waals surface area contributed by atoms with E-state index in [1.54, 1.807) is 11.3 Å². The van der Waals surface area contributed by atoms with Gasteiger partial charge in [-0.2, -0.15) is 0 Å². The number of nitrogens with zero attached hydrogens (tertiary/aromatic N) is 1. The molecule has 132 valence electrons. The molecule has 1 N–H and O–H groups in total. The minimum atomic E-state index is 0.0622. The van der Waals surface area contributed by atoms with E-state index < -0.39 is 0 Å². The maximum absolute atomic E-state index is 13.0. The first-order valence-electron chi connectivity index (χ1n) is 9.62. The van der Waals surface area contributed by atoms with Crippen molar-refractivity contribution in [1.29, 1.82) is 0 Å². The second-order valence-corrected chi connectivity index (χ2v) is 9.63. The van der Waals surface area contributed by atoms with Crippen molar-refractivity contribution in [2.24, 2.45) is 5.92 Å². The smallest absolute Gasteiger partial charge is 0.261 e. The molecule has 1 aromatic carbocycles. The Labute approximate surface area is 153 Å². The Morgan fingerprint density at radius 2 is 1.96 bits per heavy atom. The van der Waals surface area contributed by atoms with Crippen LogP contribution in [0.1, 0.15) is 60.7 Å². The summed E-state index contributed by atoms with van der Waals surface area (Å²) in [6.07, 6.45) is 5.03. The van der Waals surface area contributed by atoms with Crippen LogP contribution in [0.5, 0.6) is 0 Å². The zero-order valence-corrected chi connectivity index (χ0v) is 15.9. The Hall–Kier alpha value is -1.39. The molecule has 4 aliphatic rings. The molecule has 3 aliphatic heterocycles. The van der Waals surface area contributed by atoms with E-state index in [0.29, 0.717) is 5.92 Å². The fourth-order valence-corrected chi connectivity index (χ4v) is 6.16. The van der Waals surface area contributed by atoms with Crippen molar-refractivity contribution in [2.75, 3.05) is 13.1 Å². The van der Waals surface area contributed by atoms with E-state index in [0.717, 1.165) is 10.8 Å². The van der Waals surface area contributed by atoms with Crippen LogP contribution in [-0.4, -0.2) is 35.5 Å². The number of fused-ring (bicyclic) bond motifs is 4. The third-order valence-corrected chi connectivity index (χ3v) is 7.89. The third-order valence-electron chi connectivity index (χ3n) is 6.69. The molecular weight excluding hydrogens is 328 g/mol. The Balaban J connectivity index is 1.43. The van der Waals surface area contributed by atoms with Crippen LogP contribution in [0.2, 0.25) is 0 Å².